The fourth-order valence-corrected chi connectivity index (χ4v) is 3.92. The zero-order chi connectivity index (χ0) is 22.0. The lowest BCUT2D eigenvalue weighted by molar-refractivity contribution is -0.274. The van der Waals surface area contributed by atoms with Gasteiger partial charge >= 0.3 is 12.1 Å². The molecule has 0 aliphatic carbocycles. The smallest absolute Gasteiger partial charge is 0.423 e. The molecule has 0 saturated heterocycles. The summed E-state index contributed by atoms with van der Waals surface area (Å²) in [4.78, 5) is 25.2. The molecule has 0 bridgehead atoms. The summed E-state index contributed by atoms with van der Waals surface area (Å²) in [5.74, 6) is -0.00442. The van der Waals surface area contributed by atoms with Gasteiger partial charge in [-0.2, -0.15) is 0 Å². The van der Waals surface area contributed by atoms with Crippen molar-refractivity contribution in [2.75, 3.05) is 6.61 Å². The molecule has 2 rings (SSSR count). The quantitative estimate of drug-likeness (QED) is 0.475. The van der Waals surface area contributed by atoms with E-state index in [0.29, 0.717) is 18.9 Å². The average molecular weight is 433 g/mol. The summed E-state index contributed by atoms with van der Waals surface area (Å²) in [6, 6.07) is 3.36. The largest absolute Gasteiger partial charge is 0.573 e. The molecular formula is C19H27F3N2O4Si. The molecule has 1 heterocycles. The lowest BCUT2D eigenvalue weighted by atomic mass is 9.99. The Morgan fingerprint density at radius 3 is 2.41 bits per heavy atom. The van der Waals surface area contributed by atoms with Crippen LogP contribution in [0, 0.1) is 5.92 Å². The van der Waals surface area contributed by atoms with Crippen LogP contribution in [0.4, 0.5) is 13.2 Å². The van der Waals surface area contributed by atoms with E-state index >= 15 is 0 Å². The molecule has 10 heteroatoms. The van der Waals surface area contributed by atoms with E-state index in [-0.39, 0.29) is 22.5 Å². The second-order valence-electron chi connectivity index (χ2n) is 8.07. The Hall–Kier alpha value is -2.07. The van der Waals surface area contributed by atoms with Crippen LogP contribution in [0.5, 0.6) is 5.75 Å². The van der Waals surface area contributed by atoms with Gasteiger partial charge in [0.05, 0.1) is 10.9 Å². The van der Waals surface area contributed by atoms with Gasteiger partial charge in [-0.15, -0.1) is 13.2 Å². The number of nitrogens with zero attached hydrogens (tertiary/aromatic N) is 2. The number of aryl methyl sites for hydroxylation is 1. The van der Waals surface area contributed by atoms with Gasteiger partial charge in [-0.1, -0.05) is 27.7 Å². The van der Waals surface area contributed by atoms with Gasteiger partial charge in [-0.05, 0) is 35.6 Å². The Morgan fingerprint density at radius 2 is 1.83 bits per heavy atom. The topological polar surface area (TPSA) is 62.5 Å². The molecule has 0 radical (unpaired) electrons. The van der Waals surface area contributed by atoms with Crippen molar-refractivity contribution < 1.29 is 22.3 Å². The molecule has 0 spiro atoms. The van der Waals surface area contributed by atoms with Crippen molar-refractivity contribution in [1.29, 1.82) is 0 Å². The Balaban J connectivity index is 2.21. The van der Waals surface area contributed by atoms with Gasteiger partial charge < -0.3 is 9.16 Å². The summed E-state index contributed by atoms with van der Waals surface area (Å²) < 4.78 is 49.4. The minimum absolute atomic E-state index is 0.00918. The summed E-state index contributed by atoms with van der Waals surface area (Å²) in [6.07, 6.45) is -4.40. The molecule has 162 valence electrons. The minimum Gasteiger partial charge on any atom is -0.423 e. The van der Waals surface area contributed by atoms with Gasteiger partial charge in [0.25, 0.3) is 5.56 Å². The molecule has 0 aliphatic rings. The number of benzene rings is 1. The van der Waals surface area contributed by atoms with Crippen LogP contribution >= 0.6 is 0 Å². The highest BCUT2D eigenvalue weighted by Crippen LogP contribution is 2.32. The number of aromatic nitrogens is 2. The van der Waals surface area contributed by atoms with Gasteiger partial charge in [-0.3, -0.25) is 13.9 Å². The minimum atomic E-state index is -4.86. The van der Waals surface area contributed by atoms with E-state index in [4.69, 9.17) is 4.43 Å². The molecule has 0 N–H and O–H groups in total. The Morgan fingerprint density at radius 1 is 1.17 bits per heavy atom. The van der Waals surface area contributed by atoms with Gasteiger partial charge in [0, 0.05) is 20.2 Å². The molecule has 29 heavy (non-hydrogen) atoms. The lowest BCUT2D eigenvalue weighted by Gasteiger charge is -2.28. The molecule has 1 aromatic carbocycles. The average Bonchev–Trinajstić information content (AvgIpc) is 2.60. The first-order valence-electron chi connectivity index (χ1n) is 9.40. The van der Waals surface area contributed by atoms with Crippen LogP contribution in [0.15, 0.2) is 27.8 Å². The second-order valence-corrected chi connectivity index (χ2v) is 10.6. The molecular weight excluding hydrogens is 405 g/mol. The van der Waals surface area contributed by atoms with Crippen molar-refractivity contribution >= 4 is 20.7 Å². The van der Waals surface area contributed by atoms with Gasteiger partial charge in [0.1, 0.15) is 5.75 Å². The number of hydrogen-bond acceptors (Lipinski definition) is 4. The van der Waals surface area contributed by atoms with Crippen LogP contribution < -0.4 is 16.0 Å². The monoisotopic (exact) mass is 432 g/mol. The molecule has 1 aromatic heterocycles. The van der Waals surface area contributed by atoms with E-state index in [1.165, 1.54) is 17.7 Å². The maximum absolute atomic E-state index is 12.7. The van der Waals surface area contributed by atoms with E-state index in [1.807, 2.05) is 0 Å². The zero-order valence-electron chi connectivity index (χ0n) is 17.3. The molecule has 2 aromatic rings. The van der Waals surface area contributed by atoms with E-state index in [1.54, 1.807) is 0 Å². The van der Waals surface area contributed by atoms with Crippen LogP contribution in [0.2, 0.25) is 5.04 Å². The molecule has 0 aliphatic heterocycles. The molecule has 0 unspecified atom stereocenters. The van der Waals surface area contributed by atoms with Gasteiger partial charge in [-0.25, -0.2) is 4.79 Å². The standard InChI is InChI=1S/C19H27F3N2O4Si/c1-12(2)18(3,4)29-27-10-6-9-24-16(25)14-11-13(28-19(20,21)22)7-8-15(14)23(5)17(24)26/h7-8,11-12H,6,9-10,29H2,1-5H3. The molecule has 0 amide bonds. The Labute approximate surface area is 169 Å². The highest BCUT2D eigenvalue weighted by Gasteiger charge is 2.31. The van der Waals surface area contributed by atoms with Crippen molar-refractivity contribution in [3.8, 4) is 5.75 Å². The summed E-state index contributed by atoms with van der Waals surface area (Å²) in [5.41, 5.74) is -0.921. The maximum Gasteiger partial charge on any atom is 0.573 e. The fraction of sp³-hybridized carbons (Fsp3) is 0.579. The van der Waals surface area contributed by atoms with Crippen LogP contribution in [0.1, 0.15) is 34.1 Å². The number of fused-ring (bicyclic) bond motifs is 1. The third-order valence-electron chi connectivity index (χ3n) is 5.26. The Kier molecular flexibility index (Phi) is 7.00. The van der Waals surface area contributed by atoms with E-state index in [9.17, 15) is 22.8 Å². The number of rotatable bonds is 8. The first kappa shape index (κ1) is 23.2. The highest BCUT2D eigenvalue weighted by atomic mass is 28.2. The number of ether oxygens (including phenoxy) is 1. The van der Waals surface area contributed by atoms with Crippen molar-refractivity contribution in [2.45, 2.75) is 52.1 Å². The highest BCUT2D eigenvalue weighted by molar-refractivity contribution is 6.32. The Bertz CT molecular complexity index is 980. The lowest BCUT2D eigenvalue weighted by Crippen LogP contribution is -2.39. The summed E-state index contributed by atoms with van der Waals surface area (Å²) in [7, 11) is 0.687. The number of hydrogen-bond donors (Lipinski definition) is 0. The maximum atomic E-state index is 12.7. The van der Waals surface area contributed by atoms with Crippen molar-refractivity contribution in [3.63, 3.8) is 0 Å². The summed E-state index contributed by atoms with van der Waals surface area (Å²) >= 11 is 0. The van der Waals surface area contributed by atoms with Gasteiger partial charge in [0.15, 0.2) is 9.76 Å². The number of alkyl halides is 3. The first-order valence-corrected chi connectivity index (χ1v) is 10.7. The van der Waals surface area contributed by atoms with Crippen LogP contribution in [0.25, 0.3) is 10.9 Å². The zero-order valence-corrected chi connectivity index (χ0v) is 18.7. The third kappa shape index (κ3) is 5.72. The fourth-order valence-electron chi connectivity index (χ4n) is 2.72. The molecule has 0 atom stereocenters. The predicted molar refractivity (Wildman–Crippen MR) is 108 cm³/mol. The predicted octanol–water partition coefficient (Wildman–Crippen LogP) is 2.94. The van der Waals surface area contributed by atoms with Gasteiger partial charge in [0.2, 0.25) is 0 Å². The SMILES string of the molecule is CC(C)C(C)(C)[SiH2]OCCCn1c(=O)c2cc(OC(F)(F)F)ccc2n(C)c1=O. The summed E-state index contributed by atoms with van der Waals surface area (Å²) in [6.45, 7) is 9.16. The van der Waals surface area contributed by atoms with Crippen molar-refractivity contribution in [2.24, 2.45) is 13.0 Å². The normalized spacial score (nSPS) is 13.1. The number of halogens is 3. The van der Waals surface area contributed by atoms with E-state index in [2.05, 4.69) is 32.4 Å². The van der Waals surface area contributed by atoms with Crippen LogP contribution in [-0.2, 0) is 18.0 Å². The van der Waals surface area contributed by atoms with E-state index in [0.717, 1.165) is 16.7 Å². The molecule has 6 nitrogen and oxygen atoms in total. The van der Waals surface area contributed by atoms with Crippen molar-refractivity contribution in [3.05, 3.63) is 39.0 Å². The third-order valence-corrected chi connectivity index (χ3v) is 7.32. The van der Waals surface area contributed by atoms with Crippen LogP contribution in [0.3, 0.4) is 0 Å². The van der Waals surface area contributed by atoms with Crippen molar-refractivity contribution in [1.82, 2.24) is 9.13 Å². The summed E-state index contributed by atoms with van der Waals surface area (Å²) in [5, 5.41) is 0.134. The van der Waals surface area contributed by atoms with E-state index < -0.39 is 33.1 Å². The van der Waals surface area contributed by atoms with Crippen LogP contribution in [-0.4, -0.2) is 31.9 Å². The first-order chi connectivity index (χ1) is 13.3. The molecule has 0 saturated carbocycles. The second kappa shape index (κ2) is 8.74. The molecule has 0 fully saturated rings.